The highest BCUT2D eigenvalue weighted by molar-refractivity contribution is 9.08. The van der Waals surface area contributed by atoms with Gasteiger partial charge in [-0.05, 0) is 31.0 Å². The predicted molar refractivity (Wildman–Crippen MR) is 64.0 cm³/mol. The first-order valence-electron chi connectivity index (χ1n) is 5.18. The molecule has 0 N–H and O–H groups in total. The molecule has 0 radical (unpaired) electrons. The fourth-order valence-electron chi connectivity index (χ4n) is 1.41. The molecule has 0 saturated heterocycles. The average molecular weight is 275 g/mol. The lowest BCUT2D eigenvalue weighted by Crippen LogP contribution is -2.11. The van der Waals surface area contributed by atoms with E-state index in [1.807, 2.05) is 13.0 Å². The van der Waals surface area contributed by atoms with Crippen molar-refractivity contribution in [1.29, 1.82) is 0 Å². The molecule has 15 heavy (non-hydrogen) atoms. The van der Waals surface area contributed by atoms with Gasteiger partial charge in [0.25, 0.3) is 0 Å². The number of ether oxygens (including phenoxy) is 1. The lowest BCUT2D eigenvalue weighted by molar-refractivity contribution is 0.200. The zero-order valence-corrected chi connectivity index (χ0v) is 10.7. The zero-order chi connectivity index (χ0) is 11.3. The zero-order valence-electron chi connectivity index (χ0n) is 9.09. The van der Waals surface area contributed by atoms with Crippen LogP contribution >= 0.6 is 15.9 Å². The second-order valence-corrected chi connectivity index (χ2v) is 4.18. The van der Waals surface area contributed by atoms with E-state index in [4.69, 9.17) is 4.74 Å². The summed E-state index contributed by atoms with van der Waals surface area (Å²) in [6.45, 7) is 4.05. The molecular weight excluding hydrogens is 259 g/mol. The lowest BCUT2D eigenvalue weighted by atomic mass is 10.2. The van der Waals surface area contributed by atoms with Crippen LogP contribution in [0.1, 0.15) is 32.3 Å². The van der Waals surface area contributed by atoms with Crippen molar-refractivity contribution in [1.82, 2.24) is 0 Å². The Bertz CT molecular complexity index is 314. The Kier molecular flexibility index (Phi) is 5.09. The highest BCUT2D eigenvalue weighted by Gasteiger charge is 2.08. The van der Waals surface area contributed by atoms with Crippen molar-refractivity contribution in [2.45, 2.75) is 38.1 Å². The Balaban J connectivity index is 2.69. The number of benzene rings is 1. The van der Waals surface area contributed by atoms with E-state index in [0.717, 1.165) is 18.4 Å². The molecule has 0 saturated carbocycles. The maximum atomic E-state index is 13.5. The largest absolute Gasteiger partial charge is 0.488 e. The van der Waals surface area contributed by atoms with Gasteiger partial charge in [0.05, 0.1) is 6.10 Å². The third-order valence-electron chi connectivity index (χ3n) is 2.17. The van der Waals surface area contributed by atoms with Crippen molar-refractivity contribution in [3.63, 3.8) is 0 Å². The van der Waals surface area contributed by atoms with E-state index >= 15 is 0 Å². The van der Waals surface area contributed by atoms with Crippen molar-refractivity contribution in [3.05, 3.63) is 29.6 Å². The van der Waals surface area contributed by atoms with Crippen molar-refractivity contribution in [2.75, 3.05) is 0 Å². The molecule has 0 aliphatic carbocycles. The van der Waals surface area contributed by atoms with Crippen LogP contribution in [0.25, 0.3) is 0 Å². The smallest absolute Gasteiger partial charge is 0.165 e. The number of alkyl halides is 1. The Morgan fingerprint density at radius 3 is 2.73 bits per heavy atom. The molecule has 1 atom stereocenters. The third kappa shape index (κ3) is 3.82. The summed E-state index contributed by atoms with van der Waals surface area (Å²) in [5.41, 5.74) is 0.919. The summed E-state index contributed by atoms with van der Waals surface area (Å²) in [4.78, 5) is 0. The lowest BCUT2D eigenvalue weighted by Gasteiger charge is -2.14. The number of hydrogen-bond acceptors (Lipinski definition) is 1. The molecule has 1 unspecified atom stereocenters. The molecule has 1 aromatic carbocycles. The van der Waals surface area contributed by atoms with Crippen LogP contribution in [0.3, 0.4) is 0 Å². The first-order valence-corrected chi connectivity index (χ1v) is 6.30. The summed E-state index contributed by atoms with van der Waals surface area (Å²) in [5.74, 6) is 0.0653. The first kappa shape index (κ1) is 12.5. The van der Waals surface area contributed by atoms with Crippen LogP contribution in [0.5, 0.6) is 5.75 Å². The van der Waals surface area contributed by atoms with E-state index < -0.39 is 0 Å². The second-order valence-electron chi connectivity index (χ2n) is 3.62. The van der Waals surface area contributed by atoms with Gasteiger partial charge in [0, 0.05) is 5.33 Å². The van der Waals surface area contributed by atoms with Gasteiger partial charge in [-0.15, -0.1) is 0 Å². The molecule has 1 aromatic rings. The normalized spacial score (nSPS) is 12.5. The van der Waals surface area contributed by atoms with Crippen LogP contribution in [-0.2, 0) is 5.33 Å². The van der Waals surface area contributed by atoms with Crippen LogP contribution in [0.4, 0.5) is 4.39 Å². The predicted octanol–water partition coefficient (Wildman–Crippen LogP) is 4.29. The quantitative estimate of drug-likeness (QED) is 0.728. The molecule has 3 heteroatoms. The van der Waals surface area contributed by atoms with Crippen LogP contribution in [0, 0.1) is 5.82 Å². The van der Waals surface area contributed by atoms with Gasteiger partial charge < -0.3 is 4.74 Å². The summed E-state index contributed by atoms with van der Waals surface area (Å²) in [5, 5.41) is 0.661. The minimum Gasteiger partial charge on any atom is -0.488 e. The first-order chi connectivity index (χ1) is 7.17. The molecular formula is C12H16BrFO. The SMILES string of the molecule is CCCC(C)Oc1ccc(CBr)cc1F. The van der Waals surface area contributed by atoms with E-state index in [1.54, 1.807) is 6.07 Å². The monoisotopic (exact) mass is 274 g/mol. The number of halogens is 2. The summed E-state index contributed by atoms with van der Waals surface area (Å²) in [6, 6.07) is 5.06. The van der Waals surface area contributed by atoms with E-state index in [9.17, 15) is 4.39 Å². The van der Waals surface area contributed by atoms with E-state index in [0.29, 0.717) is 11.1 Å². The molecule has 0 amide bonds. The molecule has 0 fully saturated rings. The molecule has 0 aromatic heterocycles. The molecule has 84 valence electrons. The van der Waals surface area contributed by atoms with Gasteiger partial charge >= 0.3 is 0 Å². The standard InChI is InChI=1S/C12H16BrFO/c1-3-4-9(2)15-12-6-5-10(8-13)7-11(12)14/h5-7,9H,3-4,8H2,1-2H3. The van der Waals surface area contributed by atoms with Crippen LogP contribution in [-0.4, -0.2) is 6.10 Å². The fourth-order valence-corrected chi connectivity index (χ4v) is 1.75. The molecule has 0 bridgehead atoms. The molecule has 0 aliphatic heterocycles. The molecule has 0 heterocycles. The van der Waals surface area contributed by atoms with E-state index in [2.05, 4.69) is 22.9 Å². The van der Waals surface area contributed by atoms with Gasteiger partial charge in [-0.3, -0.25) is 0 Å². The maximum Gasteiger partial charge on any atom is 0.165 e. The van der Waals surface area contributed by atoms with Crippen molar-refractivity contribution in [3.8, 4) is 5.75 Å². The molecule has 0 aliphatic rings. The van der Waals surface area contributed by atoms with Crippen LogP contribution in [0.15, 0.2) is 18.2 Å². The van der Waals surface area contributed by atoms with Crippen molar-refractivity contribution >= 4 is 15.9 Å². The fraction of sp³-hybridized carbons (Fsp3) is 0.500. The minimum atomic E-state index is -0.282. The van der Waals surface area contributed by atoms with Crippen LogP contribution < -0.4 is 4.74 Å². The molecule has 1 rings (SSSR count). The summed E-state index contributed by atoms with van der Waals surface area (Å²) < 4.78 is 19.0. The average Bonchev–Trinajstić information content (AvgIpc) is 2.21. The number of rotatable bonds is 5. The highest BCUT2D eigenvalue weighted by Crippen LogP contribution is 2.21. The number of hydrogen-bond donors (Lipinski definition) is 0. The Hall–Kier alpha value is -0.570. The van der Waals surface area contributed by atoms with Gasteiger partial charge in [-0.2, -0.15) is 0 Å². The Labute approximate surface area is 98.8 Å². The van der Waals surface area contributed by atoms with Crippen molar-refractivity contribution < 1.29 is 9.13 Å². The van der Waals surface area contributed by atoms with Gasteiger partial charge in [-0.1, -0.05) is 35.3 Å². The van der Waals surface area contributed by atoms with E-state index in [-0.39, 0.29) is 11.9 Å². The van der Waals surface area contributed by atoms with Gasteiger partial charge in [0.2, 0.25) is 0 Å². The summed E-state index contributed by atoms with van der Waals surface area (Å²) in [7, 11) is 0. The minimum absolute atomic E-state index is 0.0688. The highest BCUT2D eigenvalue weighted by atomic mass is 79.9. The van der Waals surface area contributed by atoms with Gasteiger partial charge in [0.15, 0.2) is 11.6 Å². The van der Waals surface area contributed by atoms with Gasteiger partial charge in [-0.25, -0.2) is 4.39 Å². The molecule has 0 spiro atoms. The topological polar surface area (TPSA) is 9.23 Å². The Morgan fingerprint density at radius 1 is 1.47 bits per heavy atom. The summed E-state index contributed by atoms with van der Waals surface area (Å²) in [6.07, 6.45) is 2.06. The summed E-state index contributed by atoms with van der Waals surface area (Å²) >= 11 is 3.28. The van der Waals surface area contributed by atoms with Crippen molar-refractivity contribution in [2.24, 2.45) is 0 Å². The van der Waals surface area contributed by atoms with Crippen LogP contribution in [0.2, 0.25) is 0 Å². The molecule has 1 nitrogen and oxygen atoms in total. The third-order valence-corrected chi connectivity index (χ3v) is 2.82. The second kappa shape index (κ2) is 6.11. The Morgan fingerprint density at radius 2 is 2.20 bits per heavy atom. The van der Waals surface area contributed by atoms with Gasteiger partial charge in [0.1, 0.15) is 0 Å². The maximum absolute atomic E-state index is 13.5. The van der Waals surface area contributed by atoms with E-state index in [1.165, 1.54) is 6.07 Å².